The predicted molar refractivity (Wildman–Crippen MR) is 405 cm³/mol. The van der Waals surface area contributed by atoms with Crippen molar-refractivity contribution in [1.82, 2.24) is 0 Å². The Morgan fingerprint density at radius 2 is 0.465 bits per heavy atom. The molecule has 0 bridgehead atoms. The smallest absolute Gasteiger partial charge is 0.462 e. The molecular weight excluding hydrogens is 1290 g/mol. The van der Waals surface area contributed by atoms with Crippen LogP contribution in [0.5, 0.6) is 0 Å². The Morgan fingerprint density at radius 1 is 0.273 bits per heavy atom. The number of phosphoric acid groups is 2. The third kappa shape index (κ3) is 74.1. The predicted octanol–water partition coefficient (Wildman–Crippen LogP) is 23.7. The molecule has 0 aromatic rings. The summed E-state index contributed by atoms with van der Waals surface area (Å²) in [5, 5.41) is 10.6. The first-order valence-electron chi connectivity index (χ1n) is 41.3. The fourth-order valence-electron chi connectivity index (χ4n) is 12.3. The zero-order valence-electron chi connectivity index (χ0n) is 65.0. The molecule has 0 spiro atoms. The molecule has 0 radical (unpaired) electrons. The molecule has 0 saturated carbocycles. The molecule has 5 atom stereocenters. The quantitative estimate of drug-likeness (QED) is 0.0222. The number of hydrogen-bond acceptors (Lipinski definition) is 15. The highest BCUT2D eigenvalue weighted by molar-refractivity contribution is 7.47. The summed E-state index contributed by atoms with van der Waals surface area (Å²) in [6, 6.07) is 0. The second-order valence-corrected chi connectivity index (χ2v) is 33.1. The first-order chi connectivity index (χ1) is 47.7. The molecule has 0 aliphatic rings. The molecule has 2 unspecified atom stereocenters. The van der Waals surface area contributed by atoms with Crippen LogP contribution < -0.4 is 0 Å². The highest BCUT2D eigenvalue weighted by Gasteiger charge is 2.30. The van der Waals surface area contributed by atoms with Gasteiger partial charge in [-0.05, 0) is 43.4 Å². The summed E-state index contributed by atoms with van der Waals surface area (Å²) in [5.74, 6) is 0.202. The van der Waals surface area contributed by atoms with E-state index in [1.807, 2.05) is 0 Å². The number of aliphatic hydroxyl groups is 1. The zero-order chi connectivity index (χ0) is 73.0. The van der Waals surface area contributed by atoms with Crippen LogP contribution in [0.4, 0.5) is 0 Å². The number of rotatable bonds is 78. The van der Waals surface area contributed by atoms with Crippen molar-refractivity contribution in [1.29, 1.82) is 0 Å². The van der Waals surface area contributed by atoms with Crippen molar-refractivity contribution < 1.29 is 80.2 Å². The van der Waals surface area contributed by atoms with Crippen LogP contribution in [0.15, 0.2) is 0 Å². The average Bonchev–Trinajstić information content (AvgIpc) is 1.10. The Kier molecular flexibility index (Phi) is 69.0. The van der Waals surface area contributed by atoms with Crippen molar-refractivity contribution in [2.24, 2.45) is 17.8 Å². The van der Waals surface area contributed by atoms with Crippen LogP contribution in [0.1, 0.15) is 414 Å². The van der Waals surface area contributed by atoms with Gasteiger partial charge in [0.25, 0.3) is 0 Å². The Labute approximate surface area is 607 Å². The van der Waals surface area contributed by atoms with E-state index >= 15 is 0 Å². The minimum atomic E-state index is -4.96. The summed E-state index contributed by atoms with van der Waals surface area (Å²) in [5.41, 5.74) is 0. The van der Waals surface area contributed by atoms with Gasteiger partial charge in [-0.25, -0.2) is 9.13 Å². The van der Waals surface area contributed by atoms with E-state index in [-0.39, 0.29) is 25.7 Å². The molecule has 0 aliphatic heterocycles. The number of aliphatic hydroxyl groups excluding tert-OH is 1. The van der Waals surface area contributed by atoms with Gasteiger partial charge in [0.15, 0.2) is 12.2 Å². The Morgan fingerprint density at radius 3 is 0.687 bits per heavy atom. The van der Waals surface area contributed by atoms with Crippen molar-refractivity contribution in [3.05, 3.63) is 0 Å². The molecule has 0 heterocycles. The van der Waals surface area contributed by atoms with E-state index in [1.54, 1.807) is 0 Å². The second kappa shape index (κ2) is 70.4. The van der Waals surface area contributed by atoms with Crippen LogP contribution in [0.25, 0.3) is 0 Å². The van der Waals surface area contributed by atoms with Crippen LogP contribution in [-0.4, -0.2) is 96.7 Å². The Balaban J connectivity index is 5.26. The molecule has 0 aromatic carbocycles. The van der Waals surface area contributed by atoms with Gasteiger partial charge in [0.05, 0.1) is 26.4 Å². The standard InChI is InChI=1S/C80H156O17P2/c1-8-9-10-11-12-13-14-15-16-22-28-33-42-49-56-63-80(85)97-76(68-91-78(83)62-55-48-41-36-35-39-46-53-60-73(6)7)70-95-99(88,89)93-66-74(81)65-92-98(86,87)94-69-75(67-90-77(82)61-54-47-40-32-27-24-19-21-26-31-38-45-52-59-72(4)5)96-79(84)64-57-50-43-34-29-23-18-17-20-25-30-37-44-51-58-71(2)3/h71-76,81H,8-70H2,1-7H3,(H,86,87)(H,88,89)/t74-,75-,76-/m1/s1. The van der Waals surface area contributed by atoms with Gasteiger partial charge < -0.3 is 33.8 Å². The first-order valence-corrected chi connectivity index (χ1v) is 44.3. The molecule has 0 aromatic heterocycles. The fourth-order valence-corrected chi connectivity index (χ4v) is 13.9. The largest absolute Gasteiger partial charge is 0.472 e. The topological polar surface area (TPSA) is 237 Å². The maximum atomic E-state index is 13.1. The molecule has 0 saturated heterocycles. The number of carbonyl (C=O) groups is 4. The number of hydrogen-bond donors (Lipinski definition) is 3. The average molecular weight is 1450 g/mol. The normalized spacial score (nSPS) is 14.0. The molecule has 19 heteroatoms. The number of carbonyl (C=O) groups excluding carboxylic acids is 4. The molecule has 588 valence electrons. The fraction of sp³-hybridized carbons (Fsp3) is 0.950. The van der Waals surface area contributed by atoms with Crippen LogP contribution >= 0.6 is 15.6 Å². The summed E-state index contributed by atoms with van der Waals surface area (Å²) in [6.45, 7) is 11.9. The van der Waals surface area contributed by atoms with Crippen molar-refractivity contribution in [3.63, 3.8) is 0 Å². The highest BCUT2D eigenvalue weighted by atomic mass is 31.2. The minimum absolute atomic E-state index is 0.107. The van der Waals surface area contributed by atoms with Crippen molar-refractivity contribution in [2.75, 3.05) is 39.6 Å². The Bertz CT molecular complexity index is 1920. The second-order valence-electron chi connectivity index (χ2n) is 30.2. The van der Waals surface area contributed by atoms with E-state index in [0.717, 1.165) is 108 Å². The summed E-state index contributed by atoms with van der Waals surface area (Å²) < 4.78 is 68.7. The number of esters is 4. The Hall–Kier alpha value is -1.94. The van der Waals surface area contributed by atoms with Gasteiger partial charge in [0.2, 0.25) is 0 Å². The van der Waals surface area contributed by atoms with Gasteiger partial charge in [0, 0.05) is 25.7 Å². The lowest BCUT2D eigenvalue weighted by Crippen LogP contribution is -2.30. The first kappa shape index (κ1) is 97.1. The summed E-state index contributed by atoms with van der Waals surface area (Å²) >= 11 is 0. The van der Waals surface area contributed by atoms with Crippen molar-refractivity contribution >= 4 is 39.5 Å². The molecule has 3 N–H and O–H groups in total. The van der Waals surface area contributed by atoms with Gasteiger partial charge >= 0.3 is 39.5 Å². The molecule has 0 rings (SSSR count). The molecule has 0 aliphatic carbocycles. The lowest BCUT2D eigenvalue weighted by atomic mass is 10.0. The summed E-state index contributed by atoms with van der Waals surface area (Å²) in [7, 11) is -9.92. The van der Waals surface area contributed by atoms with Gasteiger partial charge in [-0.2, -0.15) is 0 Å². The van der Waals surface area contributed by atoms with Crippen LogP contribution in [-0.2, 0) is 65.4 Å². The number of phosphoric ester groups is 2. The highest BCUT2D eigenvalue weighted by Crippen LogP contribution is 2.45. The van der Waals surface area contributed by atoms with Gasteiger partial charge in [-0.3, -0.25) is 37.3 Å². The van der Waals surface area contributed by atoms with Crippen LogP contribution in [0, 0.1) is 17.8 Å². The molecular formula is C80H156O17P2. The summed E-state index contributed by atoms with van der Waals surface area (Å²) in [6.07, 6.45) is 58.2. The lowest BCUT2D eigenvalue weighted by molar-refractivity contribution is -0.161. The molecule has 17 nitrogen and oxygen atoms in total. The zero-order valence-corrected chi connectivity index (χ0v) is 66.8. The van der Waals surface area contributed by atoms with Crippen molar-refractivity contribution in [3.8, 4) is 0 Å². The molecule has 99 heavy (non-hydrogen) atoms. The van der Waals surface area contributed by atoms with E-state index in [2.05, 4.69) is 48.5 Å². The third-order valence-corrected chi connectivity index (χ3v) is 20.5. The maximum Gasteiger partial charge on any atom is 0.472 e. The summed E-state index contributed by atoms with van der Waals surface area (Å²) in [4.78, 5) is 73.0. The van der Waals surface area contributed by atoms with Crippen LogP contribution in [0.3, 0.4) is 0 Å². The molecule has 0 amide bonds. The minimum Gasteiger partial charge on any atom is -0.462 e. The van der Waals surface area contributed by atoms with Gasteiger partial charge in [0.1, 0.15) is 19.3 Å². The van der Waals surface area contributed by atoms with Gasteiger partial charge in [-0.15, -0.1) is 0 Å². The monoisotopic (exact) mass is 1450 g/mol. The third-order valence-electron chi connectivity index (χ3n) is 18.6. The van der Waals surface area contributed by atoms with E-state index in [4.69, 9.17) is 37.0 Å². The SMILES string of the molecule is CCCCCCCCCCCCCCCCCC(=O)O[C@H](COC(=O)CCCCCCCCCCC(C)C)COP(=O)(O)OC[C@H](O)COP(=O)(O)OC[C@@H](COC(=O)CCCCCCCCCCCCCCCC(C)C)OC(=O)CCCCCCCCCCCCCCCCC(C)C. The molecule has 0 fully saturated rings. The number of unbranched alkanes of at least 4 members (excludes halogenated alkanes) is 46. The van der Waals surface area contributed by atoms with Crippen LogP contribution in [0.2, 0.25) is 0 Å². The van der Waals surface area contributed by atoms with Gasteiger partial charge in [-0.1, -0.05) is 363 Å². The lowest BCUT2D eigenvalue weighted by Gasteiger charge is -2.21. The van der Waals surface area contributed by atoms with E-state index in [1.165, 1.54) is 225 Å². The number of ether oxygens (including phenoxy) is 4. The maximum absolute atomic E-state index is 13.1. The van der Waals surface area contributed by atoms with Crippen molar-refractivity contribution in [2.45, 2.75) is 433 Å². The van der Waals surface area contributed by atoms with E-state index in [9.17, 15) is 43.2 Å². The van der Waals surface area contributed by atoms with E-state index < -0.39 is 97.5 Å². The van der Waals surface area contributed by atoms with E-state index in [0.29, 0.717) is 25.7 Å².